The van der Waals surface area contributed by atoms with Crippen molar-refractivity contribution in [3.63, 3.8) is 0 Å². The van der Waals surface area contributed by atoms with E-state index in [0.717, 1.165) is 17.3 Å². The summed E-state index contributed by atoms with van der Waals surface area (Å²) in [5, 5.41) is 3.62. The number of halogens is 1. The van der Waals surface area contributed by atoms with Crippen LogP contribution in [0.25, 0.3) is 0 Å². The number of carbonyl (C=O) groups excluding carboxylic acids is 1. The number of hydrogen-bond acceptors (Lipinski definition) is 2. The summed E-state index contributed by atoms with van der Waals surface area (Å²) in [6.07, 6.45) is 0.805. The van der Waals surface area contributed by atoms with Crippen molar-refractivity contribution in [2.75, 3.05) is 17.3 Å². The summed E-state index contributed by atoms with van der Waals surface area (Å²) in [6.45, 7) is 0.0849. The standard InChI is InChI=1S/C12H10BrNO2/c13-6-2-1-3-9-4-5-11-10(7-9)14-12(15)8-16-11/h4-5,7H,2,6,8H2,(H,14,15). The minimum Gasteiger partial charge on any atom is -0.482 e. The van der Waals surface area contributed by atoms with Crippen LogP contribution in [0.3, 0.4) is 0 Å². The molecule has 0 saturated carbocycles. The molecule has 0 radical (unpaired) electrons. The average molecular weight is 280 g/mol. The number of fused-ring (bicyclic) bond motifs is 1. The summed E-state index contributed by atoms with van der Waals surface area (Å²) in [5.74, 6) is 6.62. The lowest BCUT2D eigenvalue weighted by atomic mass is 10.1. The first kappa shape index (κ1) is 11.0. The molecule has 1 amide bonds. The third-order valence-electron chi connectivity index (χ3n) is 2.06. The first-order valence-corrected chi connectivity index (χ1v) is 6.03. The lowest BCUT2D eigenvalue weighted by molar-refractivity contribution is -0.118. The van der Waals surface area contributed by atoms with Gasteiger partial charge >= 0.3 is 0 Å². The van der Waals surface area contributed by atoms with Crippen molar-refractivity contribution >= 4 is 27.5 Å². The van der Waals surface area contributed by atoms with Gasteiger partial charge < -0.3 is 10.1 Å². The van der Waals surface area contributed by atoms with Gasteiger partial charge in [-0.3, -0.25) is 4.79 Å². The van der Waals surface area contributed by atoms with Gasteiger partial charge in [0.1, 0.15) is 5.75 Å². The number of ether oxygens (including phenoxy) is 1. The van der Waals surface area contributed by atoms with Crippen LogP contribution >= 0.6 is 15.9 Å². The normalized spacial score (nSPS) is 12.9. The van der Waals surface area contributed by atoms with Gasteiger partial charge in [-0.05, 0) is 18.2 Å². The van der Waals surface area contributed by atoms with E-state index < -0.39 is 0 Å². The maximum Gasteiger partial charge on any atom is 0.262 e. The second-order valence-electron chi connectivity index (χ2n) is 3.29. The fourth-order valence-corrected chi connectivity index (χ4v) is 1.57. The minimum absolute atomic E-state index is 0.0849. The first-order valence-electron chi connectivity index (χ1n) is 4.91. The van der Waals surface area contributed by atoms with Gasteiger partial charge in [0.2, 0.25) is 0 Å². The summed E-state index contributed by atoms with van der Waals surface area (Å²) < 4.78 is 5.25. The lowest BCUT2D eigenvalue weighted by Gasteiger charge is -2.17. The molecule has 0 saturated heterocycles. The zero-order valence-electron chi connectivity index (χ0n) is 8.55. The molecule has 1 aliphatic rings. The van der Waals surface area contributed by atoms with Gasteiger partial charge in [0.15, 0.2) is 6.61 Å². The highest BCUT2D eigenvalue weighted by Gasteiger charge is 2.15. The molecule has 0 aromatic heterocycles. The molecule has 0 atom stereocenters. The van der Waals surface area contributed by atoms with Crippen LogP contribution in [0.1, 0.15) is 12.0 Å². The van der Waals surface area contributed by atoms with Gasteiger partial charge in [-0.25, -0.2) is 0 Å². The van der Waals surface area contributed by atoms with Gasteiger partial charge in [0.25, 0.3) is 5.91 Å². The average Bonchev–Trinajstić information content (AvgIpc) is 2.29. The molecule has 82 valence electrons. The van der Waals surface area contributed by atoms with Crippen LogP contribution in [0.5, 0.6) is 5.75 Å². The third-order valence-corrected chi connectivity index (χ3v) is 2.46. The zero-order chi connectivity index (χ0) is 11.4. The maximum absolute atomic E-state index is 11.1. The highest BCUT2D eigenvalue weighted by Crippen LogP contribution is 2.27. The highest BCUT2D eigenvalue weighted by molar-refractivity contribution is 9.09. The van der Waals surface area contributed by atoms with Crippen LogP contribution in [0, 0.1) is 11.8 Å². The van der Waals surface area contributed by atoms with Gasteiger partial charge in [-0.2, -0.15) is 0 Å². The largest absolute Gasteiger partial charge is 0.482 e. The van der Waals surface area contributed by atoms with E-state index in [-0.39, 0.29) is 12.5 Å². The molecule has 0 bridgehead atoms. The predicted octanol–water partition coefficient (Wildman–Crippen LogP) is 2.15. The Morgan fingerprint density at radius 1 is 1.50 bits per heavy atom. The van der Waals surface area contributed by atoms with E-state index in [9.17, 15) is 4.79 Å². The SMILES string of the molecule is O=C1COc2ccc(C#CCCBr)cc2N1. The van der Waals surface area contributed by atoms with E-state index >= 15 is 0 Å². The Labute approximate surface area is 102 Å². The number of rotatable bonds is 1. The van der Waals surface area contributed by atoms with E-state index in [1.807, 2.05) is 18.2 Å². The van der Waals surface area contributed by atoms with Crippen molar-refractivity contribution < 1.29 is 9.53 Å². The number of anilines is 1. The number of alkyl halides is 1. The molecule has 1 heterocycles. The molecule has 1 aliphatic heterocycles. The molecule has 0 spiro atoms. The maximum atomic E-state index is 11.1. The van der Waals surface area contributed by atoms with Crippen molar-refractivity contribution in [2.45, 2.75) is 6.42 Å². The molecular weight excluding hydrogens is 270 g/mol. The van der Waals surface area contributed by atoms with E-state index in [0.29, 0.717) is 11.4 Å². The van der Waals surface area contributed by atoms with Gasteiger partial charge in [0.05, 0.1) is 5.69 Å². The van der Waals surface area contributed by atoms with Gasteiger partial charge in [-0.15, -0.1) is 0 Å². The molecule has 1 aromatic carbocycles. The Kier molecular flexibility index (Phi) is 3.47. The molecule has 3 nitrogen and oxygen atoms in total. The van der Waals surface area contributed by atoms with Crippen LogP contribution in [-0.2, 0) is 4.79 Å². The number of amides is 1. The van der Waals surface area contributed by atoms with Crippen molar-refractivity contribution in [3.05, 3.63) is 23.8 Å². The Balaban J connectivity index is 2.22. The number of carbonyl (C=O) groups is 1. The van der Waals surface area contributed by atoms with Crippen molar-refractivity contribution in [2.24, 2.45) is 0 Å². The first-order chi connectivity index (χ1) is 7.79. The third kappa shape index (κ3) is 2.56. The van der Waals surface area contributed by atoms with Crippen molar-refractivity contribution in [1.82, 2.24) is 0 Å². The van der Waals surface area contributed by atoms with E-state index in [1.165, 1.54) is 0 Å². The van der Waals surface area contributed by atoms with Gasteiger partial charge in [0, 0.05) is 17.3 Å². The Bertz CT molecular complexity index is 474. The lowest BCUT2D eigenvalue weighted by Crippen LogP contribution is -2.25. The quantitative estimate of drug-likeness (QED) is 0.632. The summed E-state index contributed by atoms with van der Waals surface area (Å²) >= 11 is 3.31. The fraction of sp³-hybridized carbons (Fsp3) is 0.250. The fourth-order valence-electron chi connectivity index (χ4n) is 1.37. The molecule has 0 fully saturated rings. The number of benzene rings is 1. The van der Waals surface area contributed by atoms with Crippen LogP contribution in [0.15, 0.2) is 18.2 Å². The van der Waals surface area contributed by atoms with E-state index in [2.05, 4.69) is 33.1 Å². The number of hydrogen-bond donors (Lipinski definition) is 1. The van der Waals surface area contributed by atoms with Gasteiger partial charge in [-0.1, -0.05) is 27.8 Å². The smallest absolute Gasteiger partial charge is 0.262 e. The van der Waals surface area contributed by atoms with E-state index in [1.54, 1.807) is 0 Å². The molecule has 4 heteroatoms. The molecule has 1 aromatic rings. The Morgan fingerprint density at radius 3 is 3.19 bits per heavy atom. The summed E-state index contributed by atoms with van der Waals surface area (Å²) in [4.78, 5) is 11.1. The minimum atomic E-state index is -0.127. The second-order valence-corrected chi connectivity index (χ2v) is 4.08. The van der Waals surface area contributed by atoms with Crippen LogP contribution < -0.4 is 10.1 Å². The van der Waals surface area contributed by atoms with E-state index in [4.69, 9.17) is 4.74 Å². The number of nitrogens with one attached hydrogen (secondary N) is 1. The Hall–Kier alpha value is -1.47. The topological polar surface area (TPSA) is 38.3 Å². The monoisotopic (exact) mass is 279 g/mol. The predicted molar refractivity (Wildman–Crippen MR) is 65.9 cm³/mol. The van der Waals surface area contributed by atoms with Crippen LogP contribution in [-0.4, -0.2) is 17.8 Å². The molecule has 2 rings (SSSR count). The summed E-state index contributed by atoms with van der Waals surface area (Å²) in [6, 6.07) is 5.54. The van der Waals surface area contributed by atoms with Crippen LogP contribution in [0.4, 0.5) is 5.69 Å². The summed E-state index contributed by atoms with van der Waals surface area (Å²) in [7, 11) is 0. The van der Waals surface area contributed by atoms with Crippen molar-refractivity contribution in [1.29, 1.82) is 0 Å². The molecule has 16 heavy (non-hydrogen) atoms. The second kappa shape index (κ2) is 5.04. The zero-order valence-corrected chi connectivity index (χ0v) is 10.1. The molecule has 0 unspecified atom stereocenters. The molecule has 0 aliphatic carbocycles. The van der Waals surface area contributed by atoms with Crippen molar-refractivity contribution in [3.8, 4) is 17.6 Å². The molecular formula is C12H10BrNO2. The Morgan fingerprint density at radius 2 is 2.38 bits per heavy atom. The summed E-state index contributed by atoms with van der Waals surface area (Å²) in [5.41, 5.74) is 1.58. The molecule has 1 N–H and O–H groups in total. The highest BCUT2D eigenvalue weighted by atomic mass is 79.9. The van der Waals surface area contributed by atoms with Crippen LogP contribution in [0.2, 0.25) is 0 Å².